The van der Waals surface area contributed by atoms with Gasteiger partial charge in [0, 0.05) is 6.20 Å². The standard InChI is InChI=1S/C15H11ClIN7O/c1-23-21-14(20-22-23)8-4-3-5-9(12(8)25-2)15-19-13(17)10-6-18-11(16)7-24(10)15/h3-7H,1-2H3. The van der Waals surface area contributed by atoms with E-state index in [9.17, 15) is 0 Å². The van der Waals surface area contributed by atoms with Gasteiger partial charge in [-0.2, -0.15) is 4.80 Å². The van der Waals surface area contributed by atoms with Crippen molar-refractivity contribution >= 4 is 39.7 Å². The van der Waals surface area contributed by atoms with Gasteiger partial charge in [-0.25, -0.2) is 9.97 Å². The molecular formula is C15H11ClIN7O. The summed E-state index contributed by atoms with van der Waals surface area (Å²) in [6, 6.07) is 5.72. The van der Waals surface area contributed by atoms with Gasteiger partial charge in [0.2, 0.25) is 5.82 Å². The van der Waals surface area contributed by atoms with Gasteiger partial charge in [0.05, 0.1) is 37.0 Å². The third kappa shape index (κ3) is 2.72. The second-order valence-electron chi connectivity index (χ2n) is 5.18. The summed E-state index contributed by atoms with van der Waals surface area (Å²) in [5.41, 5.74) is 2.40. The van der Waals surface area contributed by atoms with Crippen LogP contribution in [0.3, 0.4) is 0 Å². The molecule has 8 nitrogen and oxygen atoms in total. The van der Waals surface area contributed by atoms with E-state index in [-0.39, 0.29) is 0 Å². The number of methoxy groups -OCH3 is 1. The van der Waals surface area contributed by atoms with Crippen LogP contribution < -0.4 is 4.74 Å². The molecule has 0 unspecified atom stereocenters. The molecule has 0 aliphatic rings. The summed E-state index contributed by atoms with van der Waals surface area (Å²) in [4.78, 5) is 10.2. The van der Waals surface area contributed by atoms with Crippen LogP contribution in [0, 0.1) is 3.70 Å². The van der Waals surface area contributed by atoms with Crippen molar-refractivity contribution in [2.75, 3.05) is 7.11 Å². The van der Waals surface area contributed by atoms with Gasteiger partial charge in [0.15, 0.2) is 0 Å². The number of fused-ring (bicyclic) bond motifs is 1. The normalized spacial score (nSPS) is 11.2. The Morgan fingerprint density at radius 2 is 2.04 bits per heavy atom. The van der Waals surface area contributed by atoms with E-state index in [1.54, 1.807) is 26.6 Å². The van der Waals surface area contributed by atoms with Gasteiger partial charge in [-0.15, -0.1) is 10.2 Å². The molecule has 0 fully saturated rings. The molecule has 0 atom stereocenters. The zero-order valence-electron chi connectivity index (χ0n) is 13.2. The molecular weight excluding hydrogens is 457 g/mol. The molecule has 0 N–H and O–H groups in total. The van der Waals surface area contributed by atoms with Gasteiger partial charge < -0.3 is 4.74 Å². The van der Waals surface area contributed by atoms with Crippen molar-refractivity contribution in [1.82, 2.24) is 34.6 Å². The average molecular weight is 468 g/mol. The molecule has 25 heavy (non-hydrogen) atoms. The lowest BCUT2D eigenvalue weighted by molar-refractivity contribution is 0.417. The van der Waals surface area contributed by atoms with E-state index in [0.29, 0.717) is 22.6 Å². The minimum absolute atomic E-state index is 0.383. The van der Waals surface area contributed by atoms with E-state index in [1.807, 2.05) is 22.6 Å². The first-order chi connectivity index (χ1) is 12.1. The van der Waals surface area contributed by atoms with Crippen molar-refractivity contribution in [1.29, 1.82) is 0 Å². The number of nitrogens with zero attached hydrogens (tertiary/aromatic N) is 7. The van der Waals surface area contributed by atoms with E-state index in [2.05, 4.69) is 48.0 Å². The highest BCUT2D eigenvalue weighted by Crippen LogP contribution is 2.37. The smallest absolute Gasteiger partial charge is 0.208 e. The number of rotatable bonds is 3. The molecule has 0 saturated carbocycles. The molecule has 0 amide bonds. The molecule has 3 heterocycles. The summed E-state index contributed by atoms with van der Waals surface area (Å²) in [5, 5.41) is 12.6. The number of para-hydroxylation sites is 1. The zero-order chi connectivity index (χ0) is 17.6. The first kappa shape index (κ1) is 16.2. The highest BCUT2D eigenvalue weighted by Gasteiger charge is 2.20. The first-order valence-electron chi connectivity index (χ1n) is 7.19. The van der Waals surface area contributed by atoms with Crippen molar-refractivity contribution < 1.29 is 4.74 Å². The number of hydrogen-bond acceptors (Lipinski definition) is 6. The number of aromatic nitrogens is 7. The summed E-state index contributed by atoms with van der Waals surface area (Å²) < 4.78 is 8.37. The third-order valence-corrected chi connectivity index (χ3v) is 4.65. The number of benzene rings is 1. The molecule has 4 aromatic rings. The van der Waals surface area contributed by atoms with E-state index < -0.39 is 0 Å². The SMILES string of the molecule is COc1c(-c2nnn(C)n2)cccc1-c1nc(I)c2cnc(Cl)cn12. The number of aryl methyl sites for hydroxylation is 1. The van der Waals surface area contributed by atoms with Crippen LogP contribution in [-0.4, -0.2) is 41.7 Å². The molecule has 3 aromatic heterocycles. The van der Waals surface area contributed by atoms with E-state index >= 15 is 0 Å². The molecule has 0 spiro atoms. The maximum atomic E-state index is 6.07. The van der Waals surface area contributed by atoms with Gasteiger partial charge in [-0.05, 0) is 39.9 Å². The monoisotopic (exact) mass is 467 g/mol. The van der Waals surface area contributed by atoms with Crippen LogP contribution in [0.1, 0.15) is 0 Å². The van der Waals surface area contributed by atoms with Gasteiger partial charge in [0.25, 0.3) is 0 Å². The van der Waals surface area contributed by atoms with Gasteiger partial charge in [-0.1, -0.05) is 17.7 Å². The molecule has 0 saturated heterocycles. The summed E-state index contributed by atoms with van der Waals surface area (Å²) in [5.74, 6) is 1.80. The molecule has 0 radical (unpaired) electrons. The number of imidazole rings is 1. The Morgan fingerprint density at radius 3 is 2.76 bits per heavy atom. The quantitative estimate of drug-likeness (QED) is 0.431. The number of halogens is 2. The van der Waals surface area contributed by atoms with Gasteiger partial charge >= 0.3 is 0 Å². The van der Waals surface area contributed by atoms with Crippen LogP contribution >= 0.6 is 34.2 Å². The van der Waals surface area contributed by atoms with Crippen LogP contribution in [0.2, 0.25) is 5.15 Å². The number of ether oxygens (including phenoxy) is 1. The van der Waals surface area contributed by atoms with E-state index in [4.69, 9.17) is 16.3 Å². The lowest BCUT2D eigenvalue weighted by atomic mass is 10.1. The largest absolute Gasteiger partial charge is 0.495 e. The topological polar surface area (TPSA) is 83.0 Å². The second-order valence-corrected chi connectivity index (χ2v) is 6.59. The van der Waals surface area contributed by atoms with Crippen molar-refractivity contribution in [2.45, 2.75) is 0 Å². The average Bonchev–Trinajstić information content (AvgIpc) is 3.17. The first-order valence-corrected chi connectivity index (χ1v) is 8.65. The Hall–Kier alpha value is -2.27. The fraction of sp³-hybridized carbons (Fsp3) is 0.133. The molecule has 0 aliphatic carbocycles. The molecule has 0 bridgehead atoms. The Kier molecular flexibility index (Phi) is 4.04. The van der Waals surface area contributed by atoms with Crippen LogP contribution in [0.15, 0.2) is 30.6 Å². The minimum atomic E-state index is 0.383. The zero-order valence-corrected chi connectivity index (χ0v) is 16.1. The molecule has 126 valence electrons. The van der Waals surface area contributed by atoms with E-state index in [0.717, 1.165) is 20.3 Å². The third-order valence-electron chi connectivity index (χ3n) is 3.66. The molecule has 1 aromatic carbocycles. The molecule has 4 rings (SSSR count). The summed E-state index contributed by atoms with van der Waals surface area (Å²) in [6.07, 6.45) is 3.43. The highest BCUT2D eigenvalue weighted by atomic mass is 127. The Morgan fingerprint density at radius 1 is 1.24 bits per heavy atom. The Bertz CT molecular complexity index is 1090. The number of tetrazole rings is 1. The van der Waals surface area contributed by atoms with Crippen LogP contribution in [0.5, 0.6) is 5.75 Å². The van der Waals surface area contributed by atoms with Crippen molar-refractivity contribution in [3.63, 3.8) is 0 Å². The minimum Gasteiger partial charge on any atom is -0.495 e. The van der Waals surface area contributed by atoms with Crippen molar-refractivity contribution in [3.05, 3.63) is 39.4 Å². The van der Waals surface area contributed by atoms with Gasteiger partial charge in [0.1, 0.15) is 20.4 Å². The maximum Gasteiger partial charge on any atom is 0.208 e. The molecule has 10 heteroatoms. The van der Waals surface area contributed by atoms with Crippen LogP contribution in [0.4, 0.5) is 0 Å². The number of hydrogen-bond donors (Lipinski definition) is 0. The van der Waals surface area contributed by atoms with Crippen LogP contribution in [-0.2, 0) is 7.05 Å². The maximum absolute atomic E-state index is 6.07. The summed E-state index contributed by atoms with van der Waals surface area (Å²) in [6.45, 7) is 0. The highest BCUT2D eigenvalue weighted by molar-refractivity contribution is 14.1. The Balaban J connectivity index is 1.99. The fourth-order valence-corrected chi connectivity index (χ4v) is 3.39. The lowest BCUT2D eigenvalue weighted by Gasteiger charge is -2.11. The van der Waals surface area contributed by atoms with Gasteiger partial charge in [-0.3, -0.25) is 4.40 Å². The van der Waals surface area contributed by atoms with Crippen LogP contribution in [0.25, 0.3) is 28.3 Å². The second kappa shape index (κ2) is 6.23. The van der Waals surface area contributed by atoms with Crippen molar-refractivity contribution in [3.8, 4) is 28.5 Å². The predicted octanol–water partition coefficient (Wildman–Crippen LogP) is 2.85. The molecule has 0 aliphatic heterocycles. The predicted molar refractivity (Wildman–Crippen MR) is 100 cm³/mol. The summed E-state index contributed by atoms with van der Waals surface area (Å²) >= 11 is 8.24. The lowest BCUT2D eigenvalue weighted by Crippen LogP contribution is -1.97. The van der Waals surface area contributed by atoms with Crippen molar-refractivity contribution in [2.24, 2.45) is 7.05 Å². The van der Waals surface area contributed by atoms with E-state index in [1.165, 1.54) is 4.80 Å². The Labute approximate surface area is 160 Å². The fourth-order valence-electron chi connectivity index (χ4n) is 2.62. The summed E-state index contributed by atoms with van der Waals surface area (Å²) in [7, 11) is 3.32.